The SMILES string of the molecule is C[C@H](CC(=O)[C@H](C)NC(=O)CCOCCOCCOCCCC(=O)CCCN1C(=O)C=CC1=O)C(=O)Cc1ccc(C[C@H](N)C[C@H](C)C(=O)O)cc1. The van der Waals surface area contributed by atoms with Gasteiger partial charge >= 0.3 is 5.97 Å². The Kier molecular flexibility index (Phi) is 20.5. The van der Waals surface area contributed by atoms with Crippen molar-refractivity contribution >= 4 is 41.0 Å². The van der Waals surface area contributed by atoms with Crippen LogP contribution in [-0.4, -0.2) is 109 Å². The molecule has 1 aliphatic heterocycles. The van der Waals surface area contributed by atoms with Crippen LogP contribution < -0.4 is 11.1 Å². The van der Waals surface area contributed by atoms with Gasteiger partial charge in [0, 0.05) is 69.4 Å². The predicted molar refractivity (Wildman–Crippen MR) is 191 cm³/mol. The van der Waals surface area contributed by atoms with Gasteiger partial charge < -0.3 is 30.4 Å². The summed E-state index contributed by atoms with van der Waals surface area (Å²) in [5, 5.41) is 11.7. The van der Waals surface area contributed by atoms with Crippen molar-refractivity contribution in [3.8, 4) is 0 Å². The fourth-order valence-corrected chi connectivity index (χ4v) is 5.39. The third-order valence-electron chi connectivity index (χ3n) is 8.59. The molecule has 14 nitrogen and oxygen atoms in total. The minimum atomic E-state index is -0.874. The van der Waals surface area contributed by atoms with E-state index in [0.717, 1.165) is 16.0 Å². The molecule has 4 atom stereocenters. The summed E-state index contributed by atoms with van der Waals surface area (Å²) in [6, 6.07) is 6.40. The summed E-state index contributed by atoms with van der Waals surface area (Å²) in [5.41, 5.74) is 7.85. The van der Waals surface area contributed by atoms with E-state index < -0.39 is 23.8 Å². The number of hydrogen-bond donors (Lipinski definition) is 3. The van der Waals surface area contributed by atoms with Crippen LogP contribution in [-0.2, 0) is 60.6 Å². The third kappa shape index (κ3) is 17.9. The van der Waals surface area contributed by atoms with Gasteiger partial charge in [0.05, 0.1) is 45.0 Å². The molecule has 1 aromatic rings. The monoisotopic (exact) mass is 729 g/mol. The number of amides is 3. The van der Waals surface area contributed by atoms with Crippen LogP contribution in [0, 0.1) is 11.8 Å². The Labute approximate surface area is 305 Å². The highest BCUT2D eigenvalue weighted by Crippen LogP contribution is 2.15. The molecule has 0 saturated heterocycles. The Bertz CT molecular complexity index is 1360. The minimum absolute atomic E-state index is 0.00990. The van der Waals surface area contributed by atoms with Gasteiger partial charge in [-0.1, -0.05) is 38.1 Å². The third-order valence-corrected chi connectivity index (χ3v) is 8.59. The standard InChI is InChI=1S/C38H55N3O11/c1-26(33(43)25-30-10-8-29(9-11-30)24-31(39)22-27(2)38(48)49)23-34(44)28(3)40-35(45)14-17-51-19-21-52-20-18-50-16-5-7-32(42)6-4-15-41-36(46)12-13-37(41)47/h8-13,26-28,31H,4-7,14-25,39H2,1-3H3,(H,40,45)(H,48,49)/t26-,27+,28+,31-/m1/s1. The number of nitrogens with zero attached hydrogens (tertiary/aromatic N) is 1. The number of carbonyl (C=O) groups excluding carboxylic acids is 6. The molecule has 0 bridgehead atoms. The number of carbonyl (C=O) groups is 7. The van der Waals surface area contributed by atoms with Crippen molar-refractivity contribution in [3.63, 3.8) is 0 Å². The van der Waals surface area contributed by atoms with Crippen LogP contribution in [0.4, 0.5) is 0 Å². The second kappa shape index (κ2) is 24.2. The number of ether oxygens (including phenoxy) is 3. The fourth-order valence-electron chi connectivity index (χ4n) is 5.39. The van der Waals surface area contributed by atoms with Crippen molar-refractivity contribution in [1.82, 2.24) is 10.2 Å². The van der Waals surface area contributed by atoms with E-state index in [2.05, 4.69) is 5.32 Å². The van der Waals surface area contributed by atoms with E-state index in [-0.39, 0.29) is 80.1 Å². The molecule has 288 valence electrons. The normalized spacial score (nSPS) is 15.0. The van der Waals surface area contributed by atoms with E-state index in [1.54, 1.807) is 20.8 Å². The Morgan fingerprint density at radius 2 is 1.31 bits per heavy atom. The summed E-state index contributed by atoms with van der Waals surface area (Å²) in [5.74, 6) is -3.19. The van der Waals surface area contributed by atoms with Gasteiger partial charge in [-0.15, -0.1) is 0 Å². The number of nitrogens with two attached hydrogens (primary N) is 1. The second-order valence-electron chi connectivity index (χ2n) is 13.3. The van der Waals surface area contributed by atoms with Crippen LogP contribution in [0.5, 0.6) is 0 Å². The Balaban J connectivity index is 1.46. The molecule has 0 aromatic heterocycles. The lowest BCUT2D eigenvalue weighted by molar-refractivity contribution is -0.141. The van der Waals surface area contributed by atoms with Crippen molar-refractivity contribution in [2.75, 3.05) is 46.2 Å². The van der Waals surface area contributed by atoms with E-state index >= 15 is 0 Å². The van der Waals surface area contributed by atoms with Crippen LogP contribution in [0.2, 0.25) is 0 Å². The molecule has 0 spiro atoms. The van der Waals surface area contributed by atoms with Crippen LogP contribution in [0.1, 0.15) is 76.8 Å². The average molecular weight is 730 g/mol. The maximum absolute atomic E-state index is 12.8. The van der Waals surface area contributed by atoms with E-state index in [4.69, 9.17) is 25.1 Å². The first-order valence-corrected chi connectivity index (χ1v) is 18.0. The zero-order chi connectivity index (χ0) is 38.5. The second-order valence-corrected chi connectivity index (χ2v) is 13.3. The van der Waals surface area contributed by atoms with Gasteiger partial charge in [0.1, 0.15) is 11.6 Å². The number of Topliss-reactive ketones (excluding diaryl/α,β-unsaturated/α-hetero) is 3. The zero-order valence-corrected chi connectivity index (χ0v) is 30.6. The van der Waals surface area contributed by atoms with Crippen LogP contribution >= 0.6 is 0 Å². The molecule has 1 aromatic carbocycles. The van der Waals surface area contributed by atoms with Crippen molar-refractivity contribution in [3.05, 3.63) is 47.5 Å². The molecule has 0 aliphatic carbocycles. The molecule has 1 heterocycles. The topological polar surface area (TPSA) is 209 Å². The van der Waals surface area contributed by atoms with Gasteiger partial charge in [-0.3, -0.25) is 38.5 Å². The molecule has 4 N–H and O–H groups in total. The van der Waals surface area contributed by atoms with Crippen molar-refractivity contribution in [2.24, 2.45) is 17.6 Å². The number of rotatable bonds is 29. The van der Waals surface area contributed by atoms with Gasteiger partial charge in [0.15, 0.2) is 5.78 Å². The largest absolute Gasteiger partial charge is 0.481 e. The number of nitrogens with one attached hydrogen (secondary N) is 1. The molecule has 14 heteroatoms. The van der Waals surface area contributed by atoms with Gasteiger partial charge in [0.25, 0.3) is 11.8 Å². The number of imide groups is 1. The van der Waals surface area contributed by atoms with E-state index in [0.29, 0.717) is 65.0 Å². The van der Waals surface area contributed by atoms with E-state index in [1.807, 2.05) is 24.3 Å². The highest BCUT2D eigenvalue weighted by atomic mass is 16.5. The van der Waals surface area contributed by atoms with Gasteiger partial charge in [-0.05, 0) is 43.7 Å². The fraction of sp³-hybridized carbons (Fsp3) is 0.605. The lowest BCUT2D eigenvalue weighted by Crippen LogP contribution is -2.40. The molecule has 52 heavy (non-hydrogen) atoms. The van der Waals surface area contributed by atoms with E-state index in [1.165, 1.54) is 12.2 Å². The number of benzene rings is 1. The summed E-state index contributed by atoms with van der Waals surface area (Å²) in [4.78, 5) is 84.9. The predicted octanol–water partition coefficient (Wildman–Crippen LogP) is 2.37. The number of carboxylic acid groups (broad SMARTS) is 1. The van der Waals surface area contributed by atoms with Crippen LogP contribution in [0.15, 0.2) is 36.4 Å². The highest BCUT2D eigenvalue weighted by molar-refractivity contribution is 6.12. The Morgan fingerprint density at radius 3 is 1.92 bits per heavy atom. The first-order valence-electron chi connectivity index (χ1n) is 18.0. The van der Waals surface area contributed by atoms with Gasteiger partial charge in [0.2, 0.25) is 5.91 Å². The number of carboxylic acids is 1. The summed E-state index contributed by atoms with van der Waals surface area (Å²) in [6.07, 6.45) is 5.28. The summed E-state index contributed by atoms with van der Waals surface area (Å²) >= 11 is 0. The molecular weight excluding hydrogens is 674 g/mol. The molecule has 0 fully saturated rings. The zero-order valence-electron chi connectivity index (χ0n) is 30.6. The molecule has 0 unspecified atom stereocenters. The summed E-state index contributed by atoms with van der Waals surface area (Å²) in [6.45, 7) is 7.03. The van der Waals surface area contributed by atoms with Gasteiger partial charge in [-0.25, -0.2) is 0 Å². The van der Waals surface area contributed by atoms with Gasteiger partial charge in [-0.2, -0.15) is 0 Å². The maximum Gasteiger partial charge on any atom is 0.306 e. The highest BCUT2D eigenvalue weighted by Gasteiger charge is 2.24. The number of aliphatic carboxylic acids is 1. The molecule has 1 aliphatic rings. The van der Waals surface area contributed by atoms with Crippen LogP contribution in [0.3, 0.4) is 0 Å². The quantitative estimate of drug-likeness (QED) is 0.0802. The first-order chi connectivity index (χ1) is 24.8. The lowest BCUT2D eigenvalue weighted by atomic mass is 9.92. The smallest absolute Gasteiger partial charge is 0.306 e. The summed E-state index contributed by atoms with van der Waals surface area (Å²) < 4.78 is 16.3. The number of hydrogen-bond acceptors (Lipinski definition) is 11. The molecule has 0 saturated carbocycles. The minimum Gasteiger partial charge on any atom is -0.481 e. The van der Waals surface area contributed by atoms with Crippen molar-refractivity contribution in [2.45, 2.75) is 90.6 Å². The van der Waals surface area contributed by atoms with Crippen molar-refractivity contribution < 1.29 is 52.9 Å². The average Bonchev–Trinajstić information content (AvgIpc) is 3.41. The molecule has 3 amide bonds. The maximum atomic E-state index is 12.8. The first kappa shape index (κ1) is 44.1. The molecule has 0 radical (unpaired) electrons. The molecular formula is C38H55N3O11. The summed E-state index contributed by atoms with van der Waals surface area (Å²) in [7, 11) is 0. The van der Waals surface area contributed by atoms with Crippen LogP contribution in [0.25, 0.3) is 0 Å². The Morgan fingerprint density at radius 1 is 0.750 bits per heavy atom. The lowest BCUT2D eigenvalue weighted by Gasteiger charge is -2.16. The Hall–Kier alpha value is -4.11. The number of ketones is 3. The molecule has 2 rings (SSSR count). The van der Waals surface area contributed by atoms with E-state index in [9.17, 15) is 33.6 Å². The van der Waals surface area contributed by atoms with Crippen molar-refractivity contribution in [1.29, 1.82) is 0 Å².